The zero-order valence-electron chi connectivity index (χ0n) is 23.5. The molecule has 1 saturated heterocycles. The van der Waals surface area contributed by atoms with Crippen molar-refractivity contribution in [3.63, 3.8) is 0 Å². The van der Waals surface area contributed by atoms with Crippen LogP contribution in [0.2, 0.25) is 0 Å². The van der Waals surface area contributed by atoms with Crippen molar-refractivity contribution >= 4 is 0 Å². The molecule has 0 aromatic carbocycles. The summed E-state index contributed by atoms with van der Waals surface area (Å²) < 4.78 is 16.7. The Hall–Kier alpha value is -1.41. The van der Waals surface area contributed by atoms with Crippen molar-refractivity contribution in [1.82, 2.24) is 0 Å². The molecule has 3 unspecified atom stereocenters. The van der Waals surface area contributed by atoms with Gasteiger partial charge in [0, 0.05) is 23.3 Å². The summed E-state index contributed by atoms with van der Waals surface area (Å²) in [7, 11) is 0. The number of fused-ring (bicyclic) bond motifs is 5. The predicted octanol–water partition coefficient (Wildman–Crippen LogP) is 0.153. The fourth-order valence-electron chi connectivity index (χ4n) is 9.90. The molecule has 0 spiro atoms. The third kappa shape index (κ3) is 4.22. The lowest BCUT2D eigenvalue weighted by Crippen LogP contribution is -2.69. The van der Waals surface area contributed by atoms with Crippen molar-refractivity contribution in [2.24, 2.45) is 22.7 Å². The smallest absolute Gasteiger partial charge is 0.335 e. The maximum absolute atomic E-state index is 12.4. The summed E-state index contributed by atoms with van der Waals surface area (Å²) in [6, 6.07) is 3.22. The predicted molar refractivity (Wildman–Crippen MR) is 142 cm³/mol. The van der Waals surface area contributed by atoms with E-state index in [1.807, 2.05) is 0 Å². The Morgan fingerprint density at radius 3 is 2.37 bits per heavy atom. The van der Waals surface area contributed by atoms with Crippen LogP contribution in [0, 0.1) is 22.7 Å². The molecule has 41 heavy (non-hydrogen) atoms. The monoisotopic (exact) mass is 580 g/mol. The third-order valence-electron chi connectivity index (χ3n) is 12.2. The van der Waals surface area contributed by atoms with Crippen LogP contribution in [-0.4, -0.2) is 97.0 Å². The van der Waals surface area contributed by atoms with Gasteiger partial charge in [-0.05, 0) is 80.8 Å². The van der Waals surface area contributed by atoms with E-state index in [0.717, 1.165) is 18.4 Å². The summed E-state index contributed by atoms with van der Waals surface area (Å²) in [5.74, 6) is -0.186. The molecule has 230 valence electrons. The largest absolute Gasteiger partial charge is 0.431 e. The van der Waals surface area contributed by atoms with Crippen molar-refractivity contribution in [2.45, 2.75) is 119 Å². The fourth-order valence-corrected chi connectivity index (χ4v) is 9.90. The zero-order valence-corrected chi connectivity index (χ0v) is 23.5. The van der Waals surface area contributed by atoms with Gasteiger partial charge in [-0.15, -0.1) is 0 Å². The number of aliphatic hydroxyl groups is 7. The molecule has 13 atom stereocenters. The van der Waals surface area contributed by atoms with Crippen LogP contribution in [-0.2, 0) is 9.47 Å². The number of hydrogen-bond acceptors (Lipinski definition) is 11. The Kier molecular flexibility index (Phi) is 7.48. The molecule has 0 radical (unpaired) electrons. The quantitative estimate of drug-likeness (QED) is 0.235. The molecule has 4 aliphatic carbocycles. The molecule has 6 rings (SSSR count). The van der Waals surface area contributed by atoms with Crippen LogP contribution < -0.4 is 5.63 Å². The topological polar surface area (TPSA) is 190 Å². The van der Waals surface area contributed by atoms with E-state index >= 15 is 0 Å². The number of aliphatic hydroxyl groups excluding tert-OH is 5. The molecule has 11 heteroatoms. The summed E-state index contributed by atoms with van der Waals surface area (Å²) in [4.78, 5) is 11.6. The summed E-state index contributed by atoms with van der Waals surface area (Å²) in [5.41, 5.74) is -3.03. The van der Waals surface area contributed by atoms with E-state index in [4.69, 9.17) is 13.9 Å². The van der Waals surface area contributed by atoms with Crippen LogP contribution in [0.3, 0.4) is 0 Å². The molecule has 1 aromatic heterocycles. The number of ether oxygens (including phenoxy) is 2. The highest BCUT2D eigenvalue weighted by Gasteiger charge is 2.71. The van der Waals surface area contributed by atoms with Gasteiger partial charge in [0.1, 0.15) is 24.4 Å². The lowest BCUT2D eigenvalue weighted by molar-refractivity contribution is -0.327. The minimum absolute atomic E-state index is 0.0337. The van der Waals surface area contributed by atoms with Gasteiger partial charge in [-0.2, -0.15) is 0 Å². The van der Waals surface area contributed by atoms with Crippen molar-refractivity contribution in [2.75, 3.05) is 13.2 Å². The standard InChI is InChI=1S/C30H44O11/c1-27-8-5-19-20(30(27,38)11-7-18(27)16-2-3-22(33)39-14-16)6-10-29(37)12-17(4-9-28(19,29)15-32)40-26-25(36)24(35)23(34)21(13-31)41-26/h2-3,14,17-21,23-26,31-32,34-38H,4-13,15H2,1H3/t17?,18-,19?,20-,21-,23+,24+,25-,26?,27-,28+,29+,30+/m1/s1. The molecular formula is C30H44O11. The highest BCUT2D eigenvalue weighted by Crippen LogP contribution is 2.71. The van der Waals surface area contributed by atoms with Gasteiger partial charge in [-0.25, -0.2) is 4.79 Å². The molecule has 1 aromatic rings. The van der Waals surface area contributed by atoms with Gasteiger partial charge in [0.15, 0.2) is 6.29 Å². The normalized spacial score (nSPS) is 51.5. The number of hydrogen-bond donors (Lipinski definition) is 7. The molecule has 0 amide bonds. The first-order valence-corrected chi connectivity index (χ1v) is 15.0. The zero-order chi connectivity index (χ0) is 29.4. The van der Waals surface area contributed by atoms with Gasteiger partial charge >= 0.3 is 5.63 Å². The van der Waals surface area contributed by atoms with Crippen LogP contribution in [0.1, 0.15) is 76.2 Å². The number of rotatable bonds is 5. The van der Waals surface area contributed by atoms with Crippen LogP contribution in [0.25, 0.3) is 0 Å². The second-order valence-corrected chi connectivity index (χ2v) is 13.7. The van der Waals surface area contributed by atoms with Gasteiger partial charge in [-0.1, -0.05) is 6.92 Å². The van der Waals surface area contributed by atoms with Gasteiger partial charge in [0.25, 0.3) is 0 Å². The Morgan fingerprint density at radius 2 is 1.68 bits per heavy atom. The SMILES string of the molecule is C[C@]12CCC3[C@@H](CC[C@]4(O)CC(OC5O[C@H](CO)[C@H](O)[C@H](O)[C@H]5O)CC[C@]34CO)[C@@]1(O)CC[C@@H]2c1ccc(=O)oc1. The summed E-state index contributed by atoms with van der Waals surface area (Å²) in [6.45, 7) is 1.35. The van der Waals surface area contributed by atoms with Crippen molar-refractivity contribution in [3.05, 3.63) is 34.4 Å². The van der Waals surface area contributed by atoms with E-state index in [2.05, 4.69) is 6.92 Å². The first kappa shape index (κ1) is 29.7. The molecule has 0 bridgehead atoms. The van der Waals surface area contributed by atoms with Crippen molar-refractivity contribution in [1.29, 1.82) is 0 Å². The molecule has 4 saturated carbocycles. The third-order valence-corrected chi connectivity index (χ3v) is 12.2. The van der Waals surface area contributed by atoms with E-state index in [0.29, 0.717) is 38.5 Å². The first-order chi connectivity index (χ1) is 19.4. The minimum atomic E-state index is -1.55. The molecule has 11 nitrogen and oxygen atoms in total. The Bertz CT molecular complexity index is 1150. The molecule has 2 heterocycles. The van der Waals surface area contributed by atoms with E-state index in [1.54, 1.807) is 6.07 Å². The van der Waals surface area contributed by atoms with Crippen LogP contribution in [0.15, 0.2) is 27.6 Å². The highest BCUT2D eigenvalue weighted by molar-refractivity contribution is 5.28. The molecule has 1 aliphatic heterocycles. The van der Waals surface area contributed by atoms with Gasteiger partial charge in [-0.3, -0.25) is 0 Å². The Labute approximate surface area is 238 Å². The lowest BCUT2D eigenvalue weighted by atomic mass is 9.41. The maximum atomic E-state index is 12.4. The summed E-state index contributed by atoms with van der Waals surface area (Å²) in [6.07, 6.45) is -1.13. The molecule has 5 fully saturated rings. The molecular weight excluding hydrogens is 536 g/mol. The van der Waals surface area contributed by atoms with Crippen LogP contribution in [0.4, 0.5) is 0 Å². The fraction of sp³-hybridized carbons (Fsp3) is 0.833. The second kappa shape index (κ2) is 10.3. The van der Waals surface area contributed by atoms with Crippen molar-refractivity contribution < 1.29 is 49.6 Å². The molecule has 7 N–H and O–H groups in total. The first-order valence-electron chi connectivity index (χ1n) is 15.0. The van der Waals surface area contributed by atoms with Gasteiger partial charge in [0.2, 0.25) is 0 Å². The van der Waals surface area contributed by atoms with Gasteiger partial charge in [0.05, 0.1) is 36.8 Å². The Balaban J connectivity index is 1.22. The molecule has 5 aliphatic rings. The van der Waals surface area contributed by atoms with E-state index < -0.39 is 71.1 Å². The average molecular weight is 581 g/mol. The van der Waals surface area contributed by atoms with Crippen molar-refractivity contribution in [3.8, 4) is 0 Å². The van der Waals surface area contributed by atoms with Crippen LogP contribution >= 0.6 is 0 Å². The lowest BCUT2D eigenvalue weighted by Gasteiger charge is -2.66. The van der Waals surface area contributed by atoms with E-state index in [9.17, 15) is 40.5 Å². The van der Waals surface area contributed by atoms with E-state index in [-0.39, 0.29) is 30.8 Å². The summed E-state index contributed by atoms with van der Waals surface area (Å²) >= 11 is 0. The Morgan fingerprint density at radius 1 is 0.927 bits per heavy atom. The second-order valence-electron chi connectivity index (χ2n) is 13.7. The summed E-state index contributed by atoms with van der Waals surface area (Å²) in [5, 5.41) is 75.8. The minimum Gasteiger partial charge on any atom is -0.431 e. The van der Waals surface area contributed by atoms with E-state index in [1.165, 1.54) is 12.3 Å². The van der Waals surface area contributed by atoms with Crippen LogP contribution in [0.5, 0.6) is 0 Å². The average Bonchev–Trinajstić information content (AvgIpc) is 3.24. The highest BCUT2D eigenvalue weighted by atomic mass is 16.7. The van der Waals surface area contributed by atoms with Gasteiger partial charge < -0.3 is 49.6 Å². The maximum Gasteiger partial charge on any atom is 0.335 e.